The van der Waals surface area contributed by atoms with E-state index in [0.29, 0.717) is 24.2 Å². The first kappa shape index (κ1) is 11.2. The number of rotatable bonds is 2. The number of aromatic nitrogens is 2. The summed E-state index contributed by atoms with van der Waals surface area (Å²) < 4.78 is 5.60. The zero-order chi connectivity index (χ0) is 12.5. The van der Waals surface area contributed by atoms with Crippen LogP contribution in [0.5, 0.6) is 5.75 Å². The van der Waals surface area contributed by atoms with Gasteiger partial charge in [-0.25, -0.2) is 9.97 Å². The lowest BCUT2D eigenvalue weighted by Gasteiger charge is -2.09. The molecule has 0 saturated heterocycles. The van der Waals surface area contributed by atoms with Crippen LogP contribution in [0.3, 0.4) is 0 Å². The lowest BCUT2D eigenvalue weighted by molar-refractivity contribution is 0.112. The van der Waals surface area contributed by atoms with E-state index < -0.39 is 0 Å². The van der Waals surface area contributed by atoms with E-state index in [1.54, 1.807) is 0 Å². The summed E-state index contributed by atoms with van der Waals surface area (Å²) in [5, 5.41) is 0.158. The second kappa shape index (κ2) is 4.38. The molecule has 18 heavy (non-hydrogen) atoms. The van der Waals surface area contributed by atoms with E-state index in [4.69, 9.17) is 16.3 Å². The van der Waals surface area contributed by atoms with Gasteiger partial charge in [-0.1, -0.05) is 23.7 Å². The summed E-state index contributed by atoms with van der Waals surface area (Å²) >= 11 is 5.91. The summed E-state index contributed by atoms with van der Waals surface area (Å²) in [7, 11) is 0. The second-order valence-electron chi connectivity index (χ2n) is 3.94. The quantitative estimate of drug-likeness (QED) is 0.615. The van der Waals surface area contributed by atoms with Crippen LogP contribution in [0.4, 0.5) is 0 Å². The number of carbonyl (C=O) groups excluding carboxylic acids is 1. The highest BCUT2D eigenvalue weighted by molar-refractivity contribution is 6.32. The Bertz CT molecular complexity index is 628. The molecule has 0 atom stereocenters. The van der Waals surface area contributed by atoms with E-state index in [1.807, 2.05) is 18.2 Å². The van der Waals surface area contributed by atoms with E-state index in [0.717, 1.165) is 23.3 Å². The van der Waals surface area contributed by atoms with Gasteiger partial charge in [0.05, 0.1) is 17.9 Å². The largest absolute Gasteiger partial charge is 0.492 e. The Kier molecular flexibility index (Phi) is 2.72. The molecule has 0 unspecified atom stereocenters. The Morgan fingerprint density at radius 2 is 2.22 bits per heavy atom. The molecule has 2 heterocycles. The fourth-order valence-electron chi connectivity index (χ4n) is 2.09. The minimum atomic E-state index is 0.158. The molecule has 0 bridgehead atoms. The van der Waals surface area contributed by atoms with Crippen LogP contribution in [0, 0.1) is 0 Å². The van der Waals surface area contributed by atoms with Gasteiger partial charge in [-0.2, -0.15) is 0 Å². The third kappa shape index (κ3) is 1.66. The number of aldehydes is 1. The van der Waals surface area contributed by atoms with Crippen LogP contribution in [0.15, 0.2) is 24.5 Å². The monoisotopic (exact) mass is 260 g/mol. The maximum absolute atomic E-state index is 11.1. The zero-order valence-electron chi connectivity index (χ0n) is 9.39. The van der Waals surface area contributed by atoms with Crippen molar-refractivity contribution in [2.24, 2.45) is 0 Å². The van der Waals surface area contributed by atoms with Gasteiger partial charge in [0, 0.05) is 12.0 Å². The number of hydrogen-bond acceptors (Lipinski definition) is 4. The molecule has 1 aromatic heterocycles. The number of halogens is 1. The van der Waals surface area contributed by atoms with Crippen molar-refractivity contribution in [1.82, 2.24) is 9.97 Å². The van der Waals surface area contributed by atoms with E-state index in [1.165, 1.54) is 6.33 Å². The second-order valence-corrected chi connectivity index (χ2v) is 4.29. The van der Waals surface area contributed by atoms with Crippen molar-refractivity contribution in [1.29, 1.82) is 0 Å². The lowest BCUT2D eigenvalue weighted by atomic mass is 10.0. The highest BCUT2D eigenvalue weighted by Gasteiger charge is 2.20. The smallest absolute Gasteiger partial charge is 0.155 e. The third-order valence-electron chi connectivity index (χ3n) is 2.92. The molecule has 0 spiro atoms. The molecule has 3 rings (SSSR count). The van der Waals surface area contributed by atoms with Crippen molar-refractivity contribution in [3.05, 3.63) is 40.8 Å². The summed E-state index contributed by atoms with van der Waals surface area (Å²) in [4.78, 5) is 19.1. The van der Waals surface area contributed by atoms with E-state index in [9.17, 15) is 4.79 Å². The van der Waals surface area contributed by atoms with Crippen molar-refractivity contribution in [2.45, 2.75) is 6.42 Å². The average molecular weight is 261 g/mol. The first-order valence-corrected chi connectivity index (χ1v) is 5.90. The molecule has 0 saturated carbocycles. The first-order valence-electron chi connectivity index (χ1n) is 5.52. The first-order chi connectivity index (χ1) is 8.81. The van der Waals surface area contributed by atoms with Gasteiger partial charge in [0.25, 0.3) is 0 Å². The van der Waals surface area contributed by atoms with Crippen LogP contribution in [0.25, 0.3) is 11.3 Å². The predicted octanol–water partition coefficient (Wildman–Crippen LogP) is 2.54. The fraction of sp³-hybridized carbons (Fsp3) is 0.154. The van der Waals surface area contributed by atoms with Crippen LogP contribution in [-0.4, -0.2) is 22.9 Å². The maximum Gasteiger partial charge on any atom is 0.155 e. The molecule has 0 fully saturated rings. The SMILES string of the molecule is O=Cc1c(Cl)ncnc1-c1cccc2c1OCC2. The third-order valence-corrected chi connectivity index (χ3v) is 3.22. The molecular weight excluding hydrogens is 252 g/mol. The van der Waals surface area contributed by atoms with Crippen LogP contribution in [-0.2, 0) is 6.42 Å². The summed E-state index contributed by atoms with van der Waals surface area (Å²) in [5.41, 5.74) is 2.72. The highest BCUT2D eigenvalue weighted by atomic mass is 35.5. The van der Waals surface area contributed by atoms with Crippen molar-refractivity contribution < 1.29 is 9.53 Å². The number of ether oxygens (including phenoxy) is 1. The molecular formula is C13H9ClN2O2. The molecule has 0 radical (unpaired) electrons. The highest BCUT2D eigenvalue weighted by Crippen LogP contribution is 2.37. The van der Waals surface area contributed by atoms with E-state index >= 15 is 0 Å². The van der Waals surface area contributed by atoms with E-state index in [-0.39, 0.29) is 5.15 Å². The number of hydrogen-bond donors (Lipinski definition) is 0. The molecule has 2 aromatic rings. The molecule has 5 heteroatoms. The van der Waals surface area contributed by atoms with Gasteiger partial charge in [0.15, 0.2) is 6.29 Å². The summed E-state index contributed by atoms with van der Waals surface area (Å²) in [6.07, 6.45) is 2.89. The number of fused-ring (bicyclic) bond motifs is 1. The maximum atomic E-state index is 11.1. The van der Waals surface area contributed by atoms with Gasteiger partial charge in [-0.3, -0.25) is 4.79 Å². The van der Waals surface area contributed by atoms with Crippen molar-refractivity contribution in [3.63, 3.8) is 0 Å². The number of benzene rings is 1. The number of nitrogens with zero attached hydrogens (tertiary/aromatic N) is 2. The summed E-state index contributed by atoms with van der Waals surface area (Å²) in [5.74, 6) is 0.787. The molecule has 1 aliphatic heterocycles. The Hall–Kier alpha value is -1.94. The molecule has 0 aliphatic carbocycles. The van der Waals surface area contributed by atoms with Gasteiger partial charge in [-0.05, 0) is 11.6 Å². The minimum absolute atomic E-state index is 0.158. The van der Waals surface area contributed by atoms with Crippen LogP contribution in [0.2, 0.25) is 5.15 Å². The number of carbonyl (C=O) groups is 1. The molecule has 0 amide bonds. The normalized spacial score (nSPS) is 12.9. The Labute approximate surface area is 109 Å². The molecule has 4 nitrogen and oxygen atoms in total. The summed E-state index contributed by atoms with van der Waals surface area (Å²) in [6.45, 7) is 0.654. The van der Waals surface area contributed by atoms with Gasteiger partial charge in [0.1, 0.15) is 17.2 Å². The molecule has 1 aromatic carbocycles. The molecule has 90 valence electrons. The van der Waals surface area contributed by atoms with Crippen molar-refractivity contribution >= 4 is 17.9 Å². The summed E-state index contributed by atoms with van der Waals surface area (Å²) in [6, 6.07) is 5.80. The topological polar surface area (TPSA) is 52.1 Å². The van der Waals surface area contributed by atoms with Gasteiger partial charge >= 0.3 is 0 Å². The van der Waals surface area contributed by atoms with E-state index in [2.05, 4.69) is 9.97 Å². The lowest BCUT2D eigenvalue weighted by Crippen LogP contribution is -1.97. The Morgan fingerprint density at radius 1 is 1.33 bits per heavy atom. The van der Waals surface area contributed by atoms with Crippen LogP contribution < -0.4 is 4.74 Å². The minimum Gasteiger partial charge on any atom is -0.492 e. The van der Waals surface area contributed by atoms with Gasteiger partial charge in [0.2, 0.25) is 0 Å². The predicted molar refractivity (Wildman–Crippen MR) is 67.1 cm³/mol. The van der Waals surface area contributed by atoms with Crippen molar-refractivity contribution in [2.75, 3.05) is 6.61 Å². The van der Waals surface area contributed by atoms with Gasteiger partial charge in [-0.15, -0.1) is 0 Å². The van der Waals surface area contributed by atoms with Crippen LogP contribution >= 0.6 is 11.6 Å². The number of para-hydroxylation sites is 1. The van der Waals surface area contributed by atoms with Crippen LogP contribution in [0.1, 0.15) is 15.9 Å². The standard InChI is InChI=1S/C13H9ClN2O2/c14-13-10(6-17)11(15-7-16-13)9-3-1-2-8-4-5-18-12(8)9/h1-3,6-7H,4-5H2. The fourth-order valence-corrected chi connectivity index (χ4v) is 2.27. The molecule has 0 N–H and O–H groups in total. The zero-order valence-corrected chi connectivity index (χ0v) is 10.1. The van der Waals surface area contributed by atoms with Crippen molar-refractivity contribution in [3.8, 4) is 17.0 Å². The Balaban J connectivity index is 2.25. The Morgan fingerprint density at radius 3 is 3.06 bits per heavy atom. The average Bonchev–Trinajstić information content (AvgIpc) is 2.86. The molecule has 1 aliphatic rings. The van der Waals surface area contributed by atoms with Gasteiger partial charge < -0.3 is 4.74 Å².